The van der Waals surface area contributed by atoms with Crippen molar-refractivity contribution < 1.29 is 50.0 Å². The normalized spacial score (nSPS) is 20.4. The van der Waals surface area contributed by atoms with Gasteiger partial charge in [0.15, 0.2) is 6.29 Å². The summed E-state index contributed by atoms with van der Waals surface area (Å²) >= 11 is 0. The number of aliphatic hydroxyl groups is 7. The average molecular weight is 1010 g/mol. The molecule has 0 saturated carbocycles. The number of rotatable bonds is 51. The van der Waals surface area contributed by atoms with E-state index in [0.717, 1.165) is 25.7 Å². The largest absolute Gasteiger partial charge is 0.394 e. The molecule has 1 saturated heterocycles. The second-order valence-corrected chi connectivity index (χ2v) is 21.1. The third-order valence-corrected chi connectivity index (χ3v) is 14.4. The van der Waals surface area contributed by atoms with Gasteiger partial charge in [-0.05, 0) is 51.4 Å². The van der Waals surface area contributed by atoms with Crippen LogP contribution in [0.4, 0.5) is 0 Å². The van der Waals surface area contributed by atoms with E-state index in [-0.39, 0.29) is 12.8 Å². The summed E-state index contributed by atoms with van der Waals surface area (Å²) in [4.78, 5) is 13.1. The smallest absolute Gasteiger partial charge is 0.249 e. The summed E-state index contributed by atoms with van der Waals surface area (Å²) in [5.41, 5.74) is 0. The maximum Gasteiger partial charge on any atom is 0.249 e. The molecule has 1 fully saturated rings. The number of hydrogen-bond acceptors (Lipinski definition) is 10. The fourth-order valence-corrected chi connectivity index (χ4v) is 9.55. The van der Waals surface area contributed by atoms with Gasteiger partial charge in [0.25, 0.3) is 0 Å². The van der Waals surface area contributed by atoms with Crippen molar-refractivity contribution in [2.45, 2.75) is 326 Å². The molecule has 1 aliphatic rings. The molecule has 1 rings (SSSR count). The Hall–Kier alpha value is -1.67. The van der Waals surface area contributed by atoms with Gasteiger partial charge in [0, 0.05) is 6.42 Å². The van der Waals surface area contributed by atoms with Crippen molar-refractivity contribution in [2.24, 2.45) is 0 Å². The Morgan fingerprint density at radius 1 is 0.507 bits per heavy atom. The minimum atomic E-state index is -1.68. The van der Waals surface area contributed by atoms with Crippen LogP contribution in [-0.2, 0) is 14.3 Å². The van der Waals surface area contributed by atoms with Gasteiger partial charge in [-0.15, -0.1) is 0 Å². The summed E-state index contributed by atoms with van der Waals surface area (Å²) in [7, 11) is 0. The van der Waals surface area contributed by atoms with Crippen molar-refractivity contribution in [3.8, 4) is 0 Å². The molecule has 0 aromatic heterocycles. The van der Waals surface area contributed by atoms with Crippen molar-refractivity contribution in [2.75, 3.05) is 13.2 Å². The zero-order valence-electron chi connectivity index (χ0n) is 45.7. The molecule has 0 spiro atoms. The topological polar surface area (TPSA) is 189 Å². The van der Waals surface area contributed by atoms with E-state index in [9.17, 15) is 40.5 Å². The number of carbonyl (C=O) groups excluding carboxylic acids is 1. The molecule has 71 heavy (non-hydrogen) atoms. The number of hydrogen-bond donors (Lipinski definition) is 8. The summed E-state index contributed by atoms with van der Waals surface area (Å²) in [6, 6.07) is -1.22. The molecule has 9 atom stereocenters. The van der Waals surface area contributed by atoms with Crippen LogP contribution in [0.5, 0.6) is 0 Å². The highest BCUT2D eigenvalue weighted by Gasteiger charge is 2.44. The predicted octanol–water partition coefficient (Wildman–Crippen LogP) is 12.7. The first-order valence-electron chi connectivity index (χ1n) is 29.9. The van der Waals surface area contributed by atoms with Crippen LogP contribution in [0.15, 0.2) is 36.5 Å². The third-order valence-electron chi connectivity index (χ3n) is 14.4. The molecule has 8 N–H and O–H groups in total. The number of aliphatic hydroxyl groups excluding tert-OH is 7. The first-order chi connectivity index (χ1) is 34.7. The highest BCUT2D eigenvalue weighted by molar-refractivity contribution is 5.81. The lowest BCUT2D eigenvalue weighted by Gasteiger charge is -2.40. The van der Waals surface area contributed by atoms with Crippen LogP contribution in [0.2, 0.25) is 0 Å². The molecule has 0 bridgehead atoms. The average Bonchev–Trinajstić information content (AvgIpc) is 3.37. The van der Waals surface area contributed by atoms with E-state index in [1.165, 1.54) is 205 Å². The predicted molar refractivity (Wildman–Crippen MR) is 293 cm³/mol. The molecular weight excluding hydrogens is 895 g/mol. The van der Waals surface area contributed by atoms with E-state index >= 15 is 0 Å². The highest BCUT2D eigenvalue weighted by atomic mass is 16.7. The van der Waals surface area contributed by atoms with Gasteiger partial charge in [-0.1, -0.05) is 249 Å². The van der Waals surface area contributed by atoms with Crippen LogP contribution in [-0.4, -0.2) is 110 Å². The Morgan fingerprint density at radius 3 is 1.31 bits per heavy atom. The number of unbranched alkanes of at least 4 members (excludes halogenated alkanes) is 34. The van der Waals surface area contributed by atoms with E-state index < -0.39 is 74.2 Å². The van der Waals surface area contributed by atoms with Crippen LogP contribution in [0.25, 0.3) is 0 Å². The van der Waals surface area contributed by atoms with E-state index in [4.69, 9.17) is 9.47 Å². The molecule has 0 aromatic carbocycles. The summed E-state index contributed by atoms with van der Waals surface area (Å²) in [5, 5.41) is 75.8. The van der Waals surface area contributed by atoms with Crippen LogP contribution in [0.3, 0.4) is 0 Å². The van der Waals surface area contributed by atoms with E-state index in [0.29, 0.717) is 12.8 Å². The summed E-state index contributed by atoms with van der Waals surface area (Å²) in [5.74, 6) is -0.772. The van der Waals surface area contributed by atoms with Crippen molar-refractivity contribution in [1.82, 2.24) is 5.32 Å². The minimum Gasteiger partial charge on any atom is -0.394 e. The number of ether oxygens (including phenoxy) is 2. The van der Waals surface area contributed by atoms with Crippen LogP contribution >= 0.6 is 0 Å². The maximum atomic E-state index is 13.1. The number of allylic oxidation sites excluding steroid dienone is 5. The zero-order chi connectivity index (χ0) is 51.8. The van der Waals surface area contributed by atoms with Crippen molar-refractivity contribution in [3.63, 3.8) is 0 Å². The van der Waals surface area contributed by atoms with Gasteiger partial charge in [0.05, 0.1) is 25.4 Å². The standard InChI is InChI=1S/C60H113NO10/c1-3-5-7-9-11-13-15-17-18-19-20-21-22-23-24-25-26-27-28-29-30-31-32-33-34-35-36-38-39-41-43-45-47-52(63)55(65)51(50-70-60-58(68)57(67)56(66)54(49-62)71-60)61-59(69)53(64)48-46-44-42-40-37-16-14-12-10-8-6-4-2/h37,39-41,44,46,51-58,60,62-68H,3-36,38,42-43,45,47-50H2,1-2H3,(H,61,69)/b40-37-,41-39+,46-44-. The van der Waals surface area contributed by atoms with Crippen molar-refractivity contribution >= 4 is 5.91 Å². The fourth-order valence-electron chi connectivity index (χ4n) is 9.55. The lowest BCUT2D eigenvalue weighted by Crippen LogP contribution is -2.60. The molecule has 0 radical (unpaired) electrons. The van der Waals surface area contributed by atoms with Gasteiger partial charge < -0.3 is 50.5 Å². The summed E-state index contributed by atoms with van der Waals surface area (Å²) in [6.45, 7) is 3.40. The molecular formula is C60H113NO10. The number of carbonyl (C=O) groups is 1. The van der Waals surface area contributed by atoms with Crippen LogP contribution < -0.4 is 5.32 Å². The molecule has 0 aromatic rings. The fraction of sp³-hybridized carbons (Fsp3) is 0.883. The van der Waals surface area contributed by atoms with Crippen LogP contribution in [0, 0.1) is 0 Å². The molecule has 418 valence electrons. The molecule has 9 unspecified atom stereocenters. The minimum absolute atomic E-state index is 0.0437. The Labute approximate surface area is 435 Å². The van der Waals surface area contributed by atoms with Gasteiger partial charge in [0.2, 0.25) is 5.91 Å². The monoisotopic (exact) mass is 1010 g/mol. The zero-order valence-corrected chi connectivity index (χ0v) is 45.7. The Bertz CT molecular complexity index is 1250. The summed E-state index contributed by atoms with van der Waals surface area (Å²) < 4.78 is 11.1. The van der Waals surface area contributed by atoms with Crippen molar-refractivity contribution in [3.05, 3.63) is 36.5 Å². The Balaban J connectivity index is 2.23. The van der Waals surface area contributed by atoms with Gasteiger partial charge in [-0.2, -0.15) is 0 Å². The molecule has 11 heteroatoms. The summed E-state index contributed by atoms with van der Waals surface area (Å²) in [6.07, 6.45) is 49.8. The first kappa shape index (κ1) is 67.3. The lowest BCUT2D eigenvalue weighted by atomic mass is 9.99. The quantitative estimate of drug-likeness (QED) is 0.0215. The van der Waals surface area contributed by atoms with Gasteiger partial charge >= 0.3 is 0 Å². The first-order valence-corrected chi connectivity index (χ1v) is 29.9. The maximum absolute atomic E-state index is 13.1. The van der Waals surface area contributed by atoms with E-state index in [2.05, 4.69) is 43.5 Å². The molecule has 1 amide bonds. The second kappa shape index (κ2) is 49.2. The van der Waals surface area contributed by atoms with Crippen molar-refractivity contribution in [1.29, 1.82) is 0 Å². The van der Waals surface area contributed by atoms with Gasteiger partial charge in [-0.3, -0.25) is 4.79 Å². The number of amides is 1. The molecule has 0 aliphatic carbocycles. The SMILES string of the molecule is CCCCCCCC/C=C\C/C=C\CC(O)C(=O)NC(COC1OC(CO)C(O)C(O)C1O)C(O)C(O)CCC/C=C/CCCCCCCCCCCCCCCCCCCCCCCCCCCCC. The molecule has 11 nitrogen and oxygen atoms in total. The van der Waals surface area contributed by atoms with Gasteiger partial charge in [-0.25, -0.2) is 0 Å². The van der Waals surface area contributed by atoms with Gasteiger partial charge in [0.1, 0.15) is 36.6 Å². The highest BCUT2D eigenvalue weighted by Crippen LogP contribution is 2.23. The third kappa shape index (κ3) is 37.7. The van der Waals surface area contributed by atoms with E-state index in [1.54, 1.807) is 6.08 Å². The Kier molecular flexibility index (Phi) is 46.7. The second-order valence-electron chi connectivity index (χ2n) is 21.1. The number of nitrogens with one attached hydrogen (secondary N) is 1. The lowest BCUT2D eigenvalue weighted by molar-refractivity contribution is -0.303. The molecule has 1 heterocycles. The van der Waals surface area contributed by atoms with Crippen LogP contribution in [0.1, 0.15) is 271 Å². The Morgan fingerprint density at radius 2 is 0.887 bits per heavy atom. The van der Waals surface area contributed by atoms with E-state index in [1.807, 2.05) is 6.08 Å². The molecule has 1 aliphatic heterocycles.